The zero-order valence-corrected chi connectivity index (χ0v) is 14.8. The summed E-state index contributed by atoms with van der Waals surface area (Å²) in [5, 5.41) is 5.15. The van der Waals surface area contributed by atoms with Crippen molar-refractivity contribution in [1.82, 2.24) is 5.32 Å². The van der Waals surface area contributed by atoms with E-state index >= 15 is 0 Å². The van der Waals surface area contributed by atoms with Gasteiger partial charge in [-0.2, -0.15) is 0 Å². The zero-order valence-electron chi connectivity index (χ0n) is 14.8. The van der Waals surface area contributed by atoms with Gasteiger partial charge in [0.05, 0.1) is 6.26 Å². The fourth-order valence-electron chi connectivity index (χ4n) is 2.46. The van der Waals surface area contributed by atoms with Crippen LogP contribution in [0.3, 0.4) is 0 Å². The van der Waals surface area contributed by atoms with Gasteiger partial charge in [0, 0.05) is 23.4 Å². The van der Waals surface area contributed by atoms with Gasteiger partial charge >= 0.3 is 6.36 Å². The molecule has 0 aliphatic rings. The molecule has 29 heavy (non-hydrogen) atoms. The van der Waals surface area contributed by atoms with E-state index in [1.54, 1.807) is 12.1 Å². The summed E-state index contributed by atoms with van der Waals surface area (Å²) in [6, 6.07) is 14.6. The zero-order chi connectivity index (χ0) is 20.9. The standard InChI is InChI=1S/C20H15F3N2O4/c21-20(22,23)29-16-5-2-1-4-14(16)12-24-18(26)13-7-9-15(10-8-13)25-19(27)17-6-3-11-28-17/h1-11H,12H2,(H,24,26)(H,25,27). The molecule has 0 saturated carbocycles. The number of rotatable bonds is 6. The third-order valence-corrected chi connectivity index (χ3v) is 3.79. The third kappa shape index (κ3) is 5.61. The Kier molecular flexibility index (Phi) is 5.87. The second-order valence-electron chi connectivity index (χ2n) is 5.85. The molecule has 150 valence electrons. The van der Waals surface area contributed by atoms with Gasteiger partial charge in [0.25, 0.3) is 11.8 Å². The molecule has 3 aromatic rings. The highest BCUT2D eigenvalue weighted by Gasteiger charge is 2.32. The predicted octanol–water partition coefficient (Wildman–Crippen LogP) is 4.36. The number of alkyl halides is 3. The van der Waals surface area contributed by atoms with Crippen molar-refractivity contribution >= 4 is 17.5 Å². The first kappa shape index (κ1) is 20.0. The van der Waals surface area contributed by atoms with E-state index in [4.69, 9.17) is 4.42 Å². The molecule has 0 aliphatic heterocycles. The van der Waals surface area contributed by atoms with Crippen molar-refractivity contribution in [2.24, 2.45) is 0 Å². The molecule has 0 unspecified atom stereocenters. The van der Waals surface area contributed by atoms with Gasteiger partial charge in [-0.15, -0.1) is 13.2 Å². The highest BCUT2D eigenvalue weighted by molar-refractivity contribution is 6.02. The van der Waals surface area contributed by atoms with E-state index in [-0.39, 0.29) is 29.2 Å². The average molecular weight is 404 g/mol. The molecule has 3 rings (SSSR count). The third-order valence-electron chi connectivity index (χ3n) is 3.79. The van der Waals surface area contributed by atoms with E-state index in [1.165, 1.54) is 54.8 Å². The Hall–Kier alpha value is -3.75. The number of furan rings is 1. The number of carbonyl (C=O) groups is 2. The molecular weight excluding hydrogens is 389 g/mol. The summed E-state index contributed by atoms with van der Waals surface area (Å²) in [6.45, 7) is -0.151. The minimum atomic E-state index is -4.82. The number of amides is 2. The van der Waals surface area contributed by atoms with Crippen LogP contribution in [-0.4, -0.2) is 18.2 Å². The number of benzene rings is 2. The second-order valence-corrected chi connectivity index (χ2v) is 5.85. The summed E-state index contributed by atoms with van der Waals surface area (Å²) >= 11 is 0. The first-order chi connectivity index (χ1) is 13.8. The first-order valence-corrected chi connectivity index (χ1v) is 8.38. The lowest BCUT2D eigenvalue weighted by Crippen LogP contribution is -2.24. The van der Waals surface area contributed by atoms with E-state index < -0.39 is 18.2 Å². The molecule has 0 atom stereocenters. The van der Waals surface area contributed by atoms with Crippen molar-refractivity contribution in [3.05, 3.63) is 83.8 Å². The molecule has 2 amide bonds. The molecule has 6 nitrogen and oxygen atoms in total. The van der Waals surface area contributed by atoms with Crippen molar-refractivity contribution in [3.8, 4) is 5.75 Å². The molecule has 0 fully saturated rings. The Morgan fingerprint density at radius 2 is 1.66 bits per heavy atom. The summed E-state index contributed by atoms with van der Waals surface area (Å²) in [5.74, 6) is -1.16. The molecule has 0 spiro atoms. The smallest absolute Gasteiger partial charge is 0.459 e. The van der Waals surface area contributed by atoms with Gasteiger partial charge in [0.2, 0.25) is 0 Å². The van der Waals surface area contributed by atoms with Crippen LogP contribution < -0.4 is 15.4 Å². The van der Waals surface area contributed by atoms with Gasteiger partial charge in [-0.3, -0.25) is 9.59 Å². The Bertz CT molecular complexity index is 984. The van der Waals surface area contributed by atoms with Crippen molar-refractivity contribution in [2.45, 2.75) is 12.9 Å². The van der Waals surface area contributed by atoms with Crippen LogP contribution in [0.2, 0.25) is 0 Å². The van der Waals surface area contributed by atoms with E-state index in [9.17, 15) is 22.8 Å². The van der Waals surface area contributed by atoms with Gasteiger partial charge in [-0.25, -0.2) is 0 Å². The minimum absolute atomic E-state index is 0.145. The van der Waals surface area contributed by atoms with Crippen LogP contribution >= 0.6 is 0 Å². The quantitative estimate of drug-likeness (QED) is 0.640. The van der Waals surface area contributed by atoms with Crippen molar-refractivity contribution < 1.29 is 31.9 Å². The van der Waals surface area contributed by atoms with Crippen LogP contribution in [0.4, 0.5) is 18.9 Å². The highest BCUT2D eigenvalue weighted by atomic mass is 19.4. The lowest BCUT2D eigenvalue weighted by atomic mass is 10.1. The number of hydrogen-bond donors (Lipinski definition) is 2. The van der Waals surface area contributed by atoms with Crippen LogP contribution in [-0.2, 0) is 6.54 Å². The first-order valence-electron chi connectivity index (χ1n) is 8.38. The van der Waals surface area contributed by atoms with Crippen molar-refractivity contribution in [3.63, 3.8) is 0 Å². The fourth-order valence-corrected chi connectivity index (χ4v) is 2.46. The minimum Gasteiger partial charge on any atom is -0.459 e. The van der Waals surface area contributed by atoms with Crippen LogP contribution in [0, 0.1) is 0 Å². The summed E-state index contributed by atoms with van der Waals surface area (Å²) < 4.78 is 46.3. The topological polar surface area (TPSA) is 80.6 Å². The molecular formula is C20H15F3N2O4. The maximum Gasteiger partial charge on any atom is 0.573 e. The largest absolute Gasteiger partial charge is 0.573 e. The molecule has 1 heterocycles. The maximum absolute atomic E-state index is 12.5. The van der Waals surface area contributed by atoms with Crippen LogP contribution in [0.25, 0.3) is 0 Å². The molecule has 1 aromatic heterocycles. The molecule has 0 bridgehead atoms. The van der Waals surface area contributed by atoms with E-state index in [0.717, 1.165) is 0 Å². The SMILES string of the molecule is O=C(NCc1ccccc1OC(F)(F)F)c1ccc(NC(=O)c2ccco2)cc1. The number of anilines is 1. The second kappa shape index (κ2) is 8.51. The van der Waals surface area contributed by atoms with Crippen LogP contribution in [0.15, 0.2) is 71.3 Å². The number of hydrogen-bond acceptors (Lipinski definition) is 4. The number of carbonyl (C=O) groups excluding carboxylic acids is 2. The van der Waals surface area contributed by atoms with Gasteiger partial charge in [0.15, 0.2) is 5.76 Å². The lowest BCUT2D eigenvalue weighted by Gasteiger charge is -2.13. The molecule has 2 aromatic carbocycles. The summed E-state index contributed by atoms with van der Waals surface area (Å²) in [6.07, 6.45) is -3.45. The van der Waals surface area contributed by atoms with Crippen molar-refractivity contribution in [1.29, 1.82) is 0 Å². The van der Waals surface area contributed by atoms with Gasteiger partial charge in [-0.1, -0.05) is 18.2 Å². The van der Waals surface area contributed by atoms with E-state index in [1.807, 2.05) is 0 Å². The lowest BCUT2D eigenvalue weighted by molar-refractivity contribution is -0.274. The molecule has 9 heteroatoms. The van der Waals surface area contributed by atoms with E-state index in [0.29, 0.717) is 5.69 Å². The van der Waals surface area contributed by atoms with E-state index in [2.05, 4.69) is 15.4 Å². The molecule has 0 saturated heterocycles. The number of halogens is 3. The number of ether oxygens (including phenoxy) is 1. The van der Waals surface area contributed by atoms with Gasteiger partial charge in [-0.05, 0) is 42.5 Å². The summed E-state index contributed by atoms with van der Waals surface area (Å²) in [7, 11) is 0. The van der Waals surface area contributed by atoms with Crippen LogP contribution in [0.1, 0.15) is 26.5 Å². The summed E-state index contributed by atoms with van der Waals surface area (Å²) in [4.78, 5) is 24.2. The van der Waals surface area contributed by atoms with Crippen LogP contribution in [0.5, 0.6) is 5.75 Å². The van der Waals surface area contributed by atoms with Gasteiger partial charge in [0.1, 0.15) is 5.75 Å². The van der Waals surface area contributed by atoms with Gasteiger partial charge < -0.3 is 19.8 Å². The Morgan fingerprint density at radius 1 is 0.931 bits per heavy atom. The van der Waals surface area contributed by atoms with Crippen molar-refractivity contribution in [2.75, 3.05) is 5.32 Å². The molecule has 0 radical (unpaired) electrons. The Balaban J connectivity index is 1.60. The predicted molar refractivity (Wildman–Crippen MR) is 97.4 cm³/mol. The Morgan fingerprint density at radius 3 is 2.31 bits per heavy atom. The number of para-hydroxylation sites is 1. The Labute approximate surface area is 163 Å². The number of nitrogens with one attached hydrogen (secondary N) is 2. The highest BCUT2D eigenvalue weighted by Crippen LogP contribution is 2.26. The summed E-state index contributed by atoms with van der Waals surface area (Å²) in [5.41, 5.74) is 0.905. The molecule has 0 aliphatic carbocycles. The maximum atomic E-state index is 12.5. The molecule has 2 N–H and O–H groups in total. The fraction of sp³-hybridized carbons (Fsp3) is 0.100. The average Bonchev–Trinajstić information content (AvgIpc) is 3.21. The normalized spacial score (nSPS) is 11.0. The monoisotopic (exact) mass is 404 g/mol.